The highest BCUT2D eigenvalue weighted by Crippen LogP contribution is 2.21. The van der Waals surface area contributed by atoms with Crippen LogP contribution in [0, 0.1) is 0 Å². The largest absolute Gasteiger partial charge is 0.345 e. The zero-order valence-corrected chi connectivity index (χ0v) is 8.93. The summed E-state index contributed by atoms with van der Waals surface area (Å²) in [7, 11) is 0. The number of thiol groups is 1. The van der Waals surface area contributed by atoms with Crippen molar-refractivity contribution in [3.63, 3.8) is 0 Å². The van der Waals surface area contributed by atoms with E-state index in [4.69, 9.17) is 0 Å². The van der Waals surface area contributed by atoms with Crippen LogP contribution in [0.5, 0.6) is 0 Å². The van der Waals surface area contributed by atoms with E-state index < -0.39 is 0 Å². The van der Waals surface area contributed by atoms with Gasteiger partial charge in [0, 0.05) is 5.57 Å². The highest BCUT2D eigenvalue weighted by Gasteiger charge is 2.12. The second kappa shape index (κ2) is 5.00. The summed E-state index contributed by atoms with van der Waals surface area (Å²) in [6, 6.07) is 0. The number of hydrogen-bond donors (Lipinski definition) is 2. The Morgan fingerprint density at radius 1 is 1.57 bits per heavy atom. The van der Waals surface area contributed by atoms with E-state index in [2.05, 4.69) is 17.9 Å². The molecule has 0 radical (unpaired) electrons. The van der Waals surface area contributed by atoms with Crippen molar-refractivity contribution < 1.29 is 9.59 Å². The lowest BCUT2D eigenvalue weighted by Crippen LogP contribution is -2.29. The maximum atomic E-state index is 11.5. The molecule has 0 spiro atoms. The van der Waals surface area contributed by atoms with Crippen LogP contribution in [0.1, 0.15) is 19.8 Å². The predicted molar refractivity (Wildman–Crippen MR) is 58.1 cm³/mol. The zero-order valence-electron chi connectivity index (χ0n) is 8.04. The van der Waals surface area contributed by atoms with Crippen LogP contribution in [0.2, 0.25) is 0 Å². The molecule has 1 aliphatic rings. The number of Topliss-reactive ketones (excluding diaryl/α,β-unsaturated/α-hetero) is 1. The number of ketones is 1. The molecule has 1 aliphatic carbocycles. The van der Waals surface area contributed by atoms with Gasteiger partial charge in [0.2, 0.25) is 0 Å². The number of nitrogens with one attached hydrogen (secondary N) is 1. The highest BCUT2D eigenvalue weighted by atomic mass is 32.1. The van der Waals surface area contributed by atoms with Crippen LogP contribution in [0.25, 0.3) is 0 Å². The molecule has 0 fully saturated rings. The van der Waals surface area contributed by atoms with Gasteiger partial charge in [-0.25, -0.2) is 0 Å². The summed E-state index contributed by atoms with van der Waals surface area (Å²) >= 11 is 4.22. The summed E-state index contributed by atoms with van der Waals surface area (Å²) in [4.78, 5) is 22.9. The molecule has 14 heavy (non-hydrogen) atoms. The van der Waals surface area contributed by atoms with E-state index in [0.29, 0.717) is 5.57 Å². The van der Waals surface area contributed by atoms with E-state index in [1.165, 1.54) is 6.92 Å². The lowest BCUT2D eigenvalue weighted by atomic mass is 10.1. The van der Waals surface area contributed by atoms with E-state index in [-0.39, 0.29) is 18.2 Å². The molecule has 1 rings (SSSR count). The van der Waals surface area contributed by atoms with Gasteiger partial charge >= 0.3 is 0 Å². The van der Waals surface area contributed by atoms with E-state index in [1.807, 2.05) is 6.08 Å². The van der Waals surface area contributed by atoms with Gasteiger partial charge in [-0.05, 0) is 24.7 Å². The molecule has 0 aromatic carbocycles. The Morgan fingerprint density at radius 2 is 2.29 bits per heavy atom. The van der Waals surface area contributed by atoms with Crippen LogP contribution < -0.4 is 5.32 Å². The van der Waals surface area contributed by atoms with Crippen molar-refractivity contribution in [2.45, 2.75) is 19.8 Å². The van der Waals surface area contributed by atoms with Gasteiger partial charge in [0.25, 0.3) is 5.91 Å². The normalized spacial score (nSPS) is 15.6. The summed E-state index contributed by atoms with van der Waals surface area (Å²) in [5, 5.41) is 2.54. The maximum absolute atomic E-state index is 11.5. The Morgan fingerprint density at radius 3 is 2.86 bits per heavy atom. The predicted octanol–water partition coefficient (Wildman–Crippen LogP) is 1.23. The van der Waals surface area contributed by atoms with Gasteiger partial charge in [0.05, 0.1) is 6.54 Å². The number of allylic oxidation sites excluding steroid dienone is 2. The maximum Gasteiger partial charge on any atom is 0.252 e. The minimum atomic E-state index is -0.221. The summed E-state index contributed by atoms with van der Waals surface area (Å²) in [5.41, 5.74) is 0.570. The quantitative estimate of drug-likeness (QED) is 0.690. The summed E-state index contributed by atoms with van der Waals surface area (Å²) in [5.74, 6) is -0.277. The minimum Gasteiger partial charge on any atom is -0.345 e. The van der Waals surface area contributed by atoms with Crippen molar-refractivity contribution in [3.05, 3.63) is 22.6 Å². The van der Waals surface area contributed by atoms with Crippen molar-refractivity contribution in [1.82, 2.24) is 5.32 Å². The van der Waals surface area contributed by atoms with Gasteiger partial charge in [-0.2, -0.15) is 0 Å². The number of carbonyl (C=O) groups excluding carboxylic acids is 2. The molecule has 0 saturated carbocycles. The second-order valence-electron chi connectivity index (χ2n) is 3.19. The number of amides is 1. The molecule has 3 nitrogen and oxygen atoms in total. The molecule has 0 unspecified atom stereocenters. The summed E-state index contributed by atoms with van der Waals surface area (Å²) in [6.07, 6.45) is 5.40. The third kappa shape index (κ3) is 3.03. The third-order valence-electron chi connectivity index (χ3n) is 1.89. The zero-order chi connectivity index (χ0) is 10.6. The topological polar surface area (TPSA) is 46.2 Å². The minimum absolute atomic E-state index is 0.0561. The van der Waals surface area contributed by atoms with Crippen molar-refractivity contribution >= 4 is 24.3 Å². The van der Waals surface area contributed by atoms with Crippen molar-refractivity contribution in [2.75, 3.05) is 6.54 Å². The first kappa shape index (κ1) is 11.0. The number of rotatable bonds is 3. The van der Waals surface area contributed by atoms with E-state index in [9.17, 15) is 9.59 Å². The van der Waals surface area contributed by atoms with Crippen LogP contribution in [-0.4, -0.2) is 18.2 Å². The molecule has 0 aromatic heterocycles. The van der Waals surface area contributed by atoms with Crippen LogP contribution in [0.4, 0.5) is 0 Å². The van der Waals surface area contributed by atoms with Gasteiger partial charge < -0.3 is 5.32 Å². The first-order valence-electron chi connectivity index (χ1n) is 4.47. The highest BCUT2D eigenvalue weighted by molar-refractivity contribution is 7.84. The van der Waals surface area contributed by atoms with Crippen LogP contribution in [0.15, 0.2) is 22.6 Å². The molecular weight excluding hydrogens is 198 g/mol. The fourth-order valence-electron chi connectivity index (χ4n) is 1.16. The van der Waals surface area contributed by atoms with Crippen LogP contribution >= 0.6 is 12.6 Å². The molecule has 0 bridgehead atoms. The third-order valence-corrected chi connectivity index (χ3v) is 2.35. The fraction of sp³-hybridized carbons (Fsp3) is 0.400. The molecule has 76 valence electrons. The molecule has 1 N–H and O–H groups in total. The van der Waals surface area contributed by atoms with E-state index >= 15 is 0 Å². The Labute approximate surface area is 88.7 Å². The van der Waals surface area contributed by atoms with Gasteiger partial charge in [0.15, 0.2) is 0 Å². The monoisotopic (exact) mass is 211 g/mol. The first-order valence-corrected chi connectivity index (χ1v) is 4.92. The number of carbonyl (C=O) groups is 2. The lowest BCUT2D eigenvalue weighted by Gasteiger charge is -2.10. The first-order chi connectivity index (χ1) is 6.61. The Balaban J connectivity index is 2.60. The second-order valence-corrected chi connectivity index (χ2v) is 3.73. The SMILES string of the molecule is CC(=O)CNC(=O)C1=C(S)CCC=C1. The summed E-state index contributed by atoms with van der Waals surface area (Å²) in [6.45, 7) is 1.52. The van der Waals surface area contributed by atoms with Crippen molar-refractivity contribution in [2.24, 2.45) is 0 Å². The van der Waals surface area contributed by atoms with Gasteiger partial charge in [0.1, 0.15) is 5.78 Å². The average molecular weight is 211 g/mol. The van der Waals surface area contributed by atoms with Crippen molar-refractivity contribution in [1.29, 1.82) is 0 Å². The van der Waals surface area contributed by atoms with Crippen LogP contribution in [0.3, 0.4) is 0 Å². The smallest absolute Gasteiger partial charge is 0.252 e. The van der Waals surface area contributed by atoms with E-state index in [0.717, 1.165) is 17.7 Å². The fourth-order valence-corrected chi connectivity index (χ4v) is 1.46. The Bertz CT molecular complexity index is 318. The van der Waals surface area contributed by atoms with Crippen LogP contribution in [-0.2, 0) is 9.59 Å². The number of hydrogen-bond acceptors (Lipinski definition) is 3. The van der Waals surface area contributed by atoms with Gasteiger partial charge in [-0.1, -0.05) is 12.2 Å². The van der Waals surface area contributed by atoms with Gasteiger partial charge in [-0.15, -0.1) is 12.6 Å². The average Bonchev–Trinajstić information content (AvgIpc) is 2.15. The molecule has 0 heterocycles. The van der Waals surface area contributed by atoms with Gasteiger partial charge in [-0.3, -0.25) is 9.59 Å². The molecule has 4 heteroatoms. The molecule has 0 aliphatic heterocycles. The molecular formula is C10H13NO2S. The van der Waals surface area contributed by atoms with Crippen molar-refractivity contribution in [3.8, 4) is 0 Å². The van der Waals surface area contributed by atoms with E-state index in [1.54, 1.807) is 6.08 Å². The molecule has 0 aromatic rings. The summed E-state index contributed by atoms with van der Waals surface area (Å²) < 4.78 is 0. The lowest BCUT2D eigenvalue weighted by molar-refractivity contribution is -0.121. The molecule has 1 amide bonds. The Hall–Kier alpha value is -1.03. The molecule has 0 saturated heterocycles. The standard InChI is InChI=1S/C10H13NO2S/c1-7(12)6-11-10(13)8-4-2-3-5-9(8)14/h2,4,14H,3,5-6H2,1H3,(H,11,13). The molecule has 0 atom stereocenters. The Kier molecular flexibility index (Phi) is 3.95.